The first-order chi connectivity index (χ1) is 12.6. The van der Waals surface area contributed by atoms with Crippen LogP contribution < -0.4 is 5.32 Å². The highest BCUT2D eigenvalue weighted by molar-refractivity contribution is 7.21. The minimum Gasteiger partial charge on any atom is -0.380 e. The summed E-state index contributed by atoms with van der Waals surface area (Å²) in [5.74, 6) is -0.427. The van der Waals surface area contributed by atoms with Crippen LogP contribution in [-0.4, -0.2) is 31.8 Å². The molecule has 1 amide bonds. The number of halogens is 1. The second kappa shape index (κ2) is 6.91. The van der Waals surface area contributed by atoms with E-state index in [0.717, 1.165) is 24.0 Å². The van der Waals surface area contributed by atoms with Gasteiger partial charge in [0.2, 0.25) is 0 Å². The molecule has 4 nitrogen and oxygen atoms in total. The molecule has 1 spiro atoms. The van der Waals surface area contributed by atoms with Gasteiger partial charge in [-0.1, -0.05) is 12.5 Å². The van der Waals surface area contributed by atoms with Gasteiger partial charge in [-0.15, -0.1) is 11.3 Å². The van der Waals surface area contributed by atoms with E-state index in [9.17, 15) is 9.18 Å². The predicted octanol–water partition coefficient (Wildman–Crippen LogP) is 4.26. The molecule has 1 N–H and O–H groups in total. The largest absolute Gasteiger partial charge is 0.380 e. The molecule has 1 aromatic carbocycles. The Morgan fingerprint density at radius 1 is 1.42 bits per heavy atom. The SMILES string of the molecule is CCO[C@@H]1C[C@H](NC(=O)c2sc3cccc(F)c3c2COC)C12CCC2. The van der Waals surface area contributed by atoms with Crippen LogP contribution in [0.1, 0.15) is 47.8 Å². The van der Waals surface area contributed by atoms with Gasteiger partial charge in [-0.3, -0.25) is 4.79 Å². The lowest BCUT2D eigenvalue weighted by molar-refractivity contribution is -0.169. The van der Waals surface area contributed by atoms with Gasteiger partial charge in [-0.25, -0.2) is 4.39 Å². The normalized spacial score (nSPS) is 23.7. The van der Waals surface area contributed by atoms with E-state index in [0.29, 0.717) is 22.4 Å². The van der Waals surface area contributed by atoms with Gasteiger partial charge in [0.15, 0.2) is 0 Å². The summed E-state index contributed by atoms with van der Waals surface area (Å²) in [4.78, 5) is 13.6. The summed E-state index contributed by atoms with van der Waals surface area (Å²) >= 11 is 1.34. The van der Waals surface area contributed by atoms with Crippen molar-refractivity contribution in [3.8, 4) is 0 Å². The molecule has 0 bridgehead atoms. The zero-order valence-corrected chi connectivity index (χ0v) is 16.0. The van der Waals surface area contributed by atoms with E-state index < -0.39 is 0 Å². The van der Waals surface area contributed by atoms with Crippen LogP contribution in [-0.2, 0) is 16.1 Å². The average molecular weight is 377 g/mol. The molecular weight excluding hydrogens is 353 g/mol. The van der Waals surface area contributed by atoms with Crippen LogP contribution in [0.15, 0.2) is 18.2 Å². The second-order valence-electron chi connectivity index (χ2n) is 7.25. The van der Waals surface area contributed by atoms with Gasteiger partial charge in [0.25, 0.3) is 5.91 Å². The first-order valence-corrected chi connectivity index (χ1v) is 10.0. The molecular formula is C20H24FNO3S. The zero-order valence-electron chi connectivity index (χ0n) is 15.1. The minimum atomic E-state index is -0.305. The fourth-order valence-electron chi connectivity index (χ4n) is 4.50. The monoisotopic (exact) mass is 377 g/mol. The third-order valence-electron chi connectivity index (χ3n) is 6.00. The number of carbonyl (C=O) groups is 1. The molecule has 6 heteroatoms. The van der Waals surface area contributed by atoms with E-state index in [1.54, 1.807) is 13.2 Å². The lowest BCUT2D eigenvalue weighted by atomic mass is 9.51. The van der Waals surface area contributed by atoms with E-state index >= 15 is 0 Å². The van der Waals surface area contributed by atoms with E-state index in [1.165, 1.54) is 23.8 Å². The molecule has 0 saturated heterocycles. The molecule has 2 atom stereocenters. The lowest BCUT2D eigenvalue weighted by Gasteiger charge is -2.60. The Bertz CT molecular complexity index is 830. The average Bonchev–Trinajstić information content (AvgIpc) is 2.92. The second-order valence-corrected chi connectivity index (χ2v) is 8.30. The number of hydrogen-bond acceptors (Lipinski definition) is 4. The maximum atomic E-state index is 14.3. The summed E-state index contributed by atoms with van der Waals surface area (Å²) in [6, 6.07) is 5.10. The number of nitrogens with one attached hydrogen (secondary N) is 1. The molecule has 1 heterocycles. The first kappa shape index (κ1) is 17.9. The third kappa shape index (κ3) is 2.66. The van der Waals surface area contributed by atoms with Gasteiger partial charge in [0.05, 0.1) is 17.6 Å². The summed E-state index contributed by atoms with van der Waals surface area (Å²) in [5.41, 5.74) is 0.751. The van der Waals surface area contributed by atoms with Crippen LogP contribution in [0.2, 0.25) is 0 Å². The Labute approximate surface area is 156 Å². The summed E-state index contributed by atoms with van der Waals surface area (Å²) in [6.07, 6.45) is 4.52. The number of rotatable bonds is 6. The number of benzene rings is 1. The topological polar surface area (TPSA) is 47.6 Å². The van der Waals surface area contributed by atoms with Crippen molar-refractivity contribution in [2.45, 2.75) is 51.4 Å². The van der Waals surface area contributed by atoms with E-state index in [-0.39, 0.29) is 35.9 Å². The van der Waals surface area contributed by atoms with Crippen LogP contribution in [0.4, 0.5) is 4.39 Å². The van der Waals surface area contributed by atoms with Crippen molar-refractivity contribution in [2.24, 2.45) is 5.41 Å². The van der Waals surface area contributed by atoms with Crippen molar-refractivity contribution in [2.75, 3.05) is 13.7 Å². The van der Waals surface area contributed by atoms with Gasteiger partial charge in [-0.05, 0) is 38.3 Å². The highest BCUT2D eigenvalue weighted by Gasteiger charge is 2.59. The zero-order chi connectivity index (χ0) is 18.3. The maximum Gasteiger partial charge on any atom is 0.262 e. The van der Waals surface area contributed by atoms with E-state index in [4.69, 9.17) is 9.47 Å². The van der Waals surface area contributed by atoms with Crippen molar-refractivity contribution >= 4 is 27.3 Å². The standard InChI is InChI=1S/C20H24FNO3S/c1-3-25-16-10-15(20(16)8-5-9-20)22-19(23)18-12(11-24-2)17-13(21)6-4-7-14(17)26-18/h4,6-7,15-16H,3,5,8-11H2,1-2H3,(H,22,23)/t15-,16+/m0/s1. The van der Waals surface area contributed by atoms with Gasteiger partial charge in [0, 0.05) is 40.8 Å². The van der Waals surface area contributed by atoms with E-state index in [2.05, 4.69) is 5.32 Å². The van der Waals surface area contributed by atoms with Crippen LogP contribution in [0.5, 0.6) is 0 Å². The Morgan fingerprint density at radius 3 is 2.88 bits per heavy atom. The number of methoxy groups -OCH3 is 1. The van der Waals surface area contributed by atoms with Crippen molar-refractivity contribution in [3.63, 3.8) is 0 Å². The van der Waals surface area contributed by atoms with Crippen LogP contribution in [0.25, 0.3) is 10.1 Å². The smallest absolute Gasteiger partial charge is 0.262 e. The fourth-order valence-corrected chi connectivity index (χ4v) is 5.62. The number of amides is 1. The maximum absolute atomic E-state index is 14.3. The van der Waals surface area contributed by atoms with Crippen molar-refractivity contribution < 1.29 is 18.7 Å². The molecule has 0 radical (unpaired) electrons. The molecule has 2 fully saturated rings. The Kier molecular flexibility index (Phi) is 4.75. The molecule has 26 heavy (non-hydrogen) atoms. The van der Waals surface area contributed by atoms with Crippen molar-refractivity contribution in [3.05, 3.63) is 34.5 Å². The molecule has 2 aliphatic rings. The van der Waals surface area contributed by atoms with Crippen LogP contribution >= 0.6 is 11.3 Å². The van der Waals surface area contributed by atoms with Gasteiger partial charge in [0.1, 0.15) is 5.82 Å². The Hall–Kier alpha value is -1.50. The summed E-state index contributed by atoms with van der Waals surface area (Å²) in [5, 5.41) is 3.71. The molecule has 0 aliphatic heterocycles. The fraction of sp³-hybridized carbons (Fsp3) is 0.550. The molecule has 2 aliphatic carbocycles. The summed E-state index contributed by atoms with van der Waals surface area (Å²) < 4.78 is 26.2. The number of carbonyl (C=O) groups excluding carboxylic acids is 1. The van der Waals surface area contributed by atoms with Gasteiger partial charge < -0.3 is 14.8 Å². The number of hydrogen-bond donors (Lipinski definition) is 1. The minimum absolute atomic E-state index is 0.106. The molecule has 2 saturated carbocycles. The van der Waals surface area contributed by atoms with Crippen LogP contribution in [0.3, 0.4) is 0 Å². The molecule has 1 aromatic heterocycles. The molecule has 4 rings (SSSR count). The highest BCUT2D eigenvalue weighted by Crippen LogP contribution is 2.57. The quantitative estimate of drug-likeness (QED) is 0.818. The lowest BCUT2D eigenvalue weighted by Crippen LogP contribution is -2.67. The molecule has 140 valence electrons. The highest BCUT2D eigenvalue weighted by atomic mass is 32.1. The number of ether oxygens (including phenoxy) is 2. The number of fused-ring (bicyclic) bond motifs is 1. The summed E-state index contributed by atoms with van der Waals surface area (Å²) in [6.45, 7) is 2.95. The predicted molar refractivity (Wildman–Crippen MR) is 100 cm³/mol. The van der Waals surface area contributed by atoms with E-state index in [1.807, 2.05) is 13.0 Å². The number of thiophene rings is 1. The van der Waals surface area contributed by atoms with Crippen molar-refractivity contribution in [1.82, 2.24) is 5.32 Å². The molecule has 2 aromatic rings. The molecule has 0 unspecified atom stereocenters. The summed E-state index contributed by atoms with van der Waals surface area (Å²) in [7, 11) is 1.56. The third-order valence-corrected chi connectivity index (χ3v) is 7.20. The first-order valence-electron chi connectivity index (χ1n) is 9.22. The Morgan fingerprint density at radius 2 is 2.23 bits per heavy atom. The van der Waals surface area contributed by atoms with Gasteiger partial charge >= 0.3 is 0 Å². The van der Waals surface area contributed by atoms with Crippen LogP contribution in [0, 0.1) is 11.2 Å². The Balaban J connectivity index is 1.59. The van der Waals surface area contributed by atoms with Crippen molar-refractivity contribution in [1.29, 1.82) is 0 Å². The van der Waals surface area contributed by atoms with Gasteiger partial charge in [-0.2, -0.15) is 0 Å².